The average Bonchev–Trinajstić information content (AvgIpc) is 2.59. The Bertz CT molecular complexity index is 864. The molecular formula is C17H17F2N3O3. The zero-order valence-electron chi connectivity index (χ0n) is 13.8. The van der Waals surface area contributed by atoms with E-state index < -0.39 is 23.4 Å². The van der Waals surface area contributed by atoms with Crippen molar-refractivity contribution in [2.75, 3.05) is 12.4 Å². The fourth-order valence-electron chi connectivity index (χ4n) is 2.19. The Balaban J connectivity index is 2.04. The van der Waals surface area contributed by atoms with Crippen molar-refractivity contribution < 1.29 is 18.4 Å². The molecular weight excluding hydrogens is 332 g/mol. The van der Waals surface area contributed by atoms with Gasteiger partial charge in [0.15, 0.2) is 11.6 Å². The molecule has 0 aliphatic carbocycles. The molecule has 0 saturated carbocycles. The Kier molecular flexibility index (Phi) is 5.63. The van der Waals surface area contributed by atoms with Crippen molar-refractivity contribution in [1.29, 1.82) is 0 Å². The minimum atomic E-state index is -1.02. The molecule has 0 aliphatic rings. The topological polar surface area (TPSA) is 71.4 Å². The van der Waals surface area contributed by atoms with Crippen molar-refractivity contribution in [2.24, 2.45) is 0 Å². The molecule has 0 fully saturated rings. The molecule has 1 N–H and O–H groups in total. The number of pyridine rings is 1. The molecule has 25 heavy (non-hydrogen) atoms. The van der Waals surface area contributed by atoms with Crippen LogP contribution >= 0.6 is 0 Å². The first kappa shape index (κ1) is 18.3. The van der Waals surface area contributed by atoms with Gasteiger partial charge in [0.2, 0.25) is 0 Å². The highest BCUT2D eigenvalue weighted by molar-refractivity contribution is 6.39. The molecule has 0 radical (unpaired) electrons. The highest BCUT2D eigenvalue weighted by Crippen LogP contribution is 2.11. The zero-order valence-corrected chi connectivity index (χ0v) is 13.8. The van der Waals surface area contributed by atoms with Crippen molar-refractivity contribution in [2.45, 2.75) is 20.0 Å². The summed E-state index contributed by atoms with van der Waals surface area (Å²) >= 11 is 0. The largest absolute Gasteiger partial charge is 0.333 e. The van der Waals surface area contributed by atoms with Crippen LogP contribution in [-0.4, -0.2) is 28.3 Å². The molecule has 0 bridgehead atoms. The van der Waals surface area contributed by atoms with Gasteiger partial charge >= 0.3 is 11.8 Å². The van der Waals surface area contributed by atoms with Crippen LogP contribution in [0.2, 0.25) is 0 Å². The van der Waals surface area contributed by atoms with E-state index >= 15 is 0 Å². The number of benzene rings is 1. The molecule has 2 rings (SSSR count). The number of halogens is 2. The second kappa shape index (κ2) is 7.69. The molecule has 0 atom stereocenters. The Morgan fingerprint density at radius 1 is 1.16 bits per heavy atom. The number of anilines is 1. The summed E-state index contributed by atoms with van der Waals surface area (Å²) < 4.78 is 27.5. The maximum atomic E-state index is 13.2. The molecule has 6 nitrogen and oxygen atoms in total. The lowest BCUT2D eigenvalue weighted by molar-refractivity contribution is -0.142. The van der Waals surface area contributed by atoms with Crippen LogP contribution in [0.5, 0.6) is 0 Å². The van der Waals surface area contributed by atoms with Crippen molar-refractivity contribution in [3.8, 4) is 0 Å². The highest BCUT2D eigenvalue weighted by atomic mass is 19.2. The number of nitrogens with zero attached hydrogens (tertiary/aromatic N) is 2. The third-order valence-corrected chi connectivity index (χ3v) is 3.53. The van der Waals surface area contributed by atoms with Crippen LogP contribution in [0, 0.1) is 11.6 Å². The SMILES string of the molecule is CCn1cc(NC(=O)C(=O)N(C)Cc2ccc(F)c(F)c2)ccc1=O. The number of rotatable bonds is 4. The minimum Gasteiger partial charge on any atom is -0.333 e. The lowest BCUT2D eigenvalue weighted by Gasteiger charge is -2.17. The van der Waals surface area contributed by atoms with Crippen molar-refractivity contribution >= 4 is 17.5 Å². The van der Waals surface area contributed by atoms with Gasteiger partial charge in [-0.1, -0.05) is 6.07 Å². The first-order valence-electron chi connectivity index (χ1n) is 7.52. The van der Waals surface area contributed by atoms with Crippen LogP contribution in [0.15, 0.2) is 41.3 Å². The molecule has 132 valence electrons. The van der Waals surface area contributed by atoms with Gasteiger partial charge in [-0.05, 0) is 30.7 Å². The standard InChI is InChI=1S/C17H17F2N3O3/c1-3-22-10-12(5-7-15(22)23)20-16(24)17(25)21(2)9-11-4-6-13(18)14(19)8-11/h4-8,10H,3,9H2,1-2H3,(H,20,24). The number of carbonyl (C=O) groups is 2. The molecule has 2 amide bonds. The predicted octanol–water partition coefficient (Wildman–Crippen LogP) is 1.74. The van der Waals surface area contributed by atoms with Gasteiger partial charge in [0.25, 0.3) is 5.56 Å². The van der Waals surface area contributed by atoms with Gasteiger partial charge in [0, 0.05) is 32.4 Å². The second-order valence-corrected chi connectivity index (χ2v) is 5.41. The first-order chi connectivity index (χ1) is 11.8. The van der Waals surface area contributed by atoms with Gasteiger partial charge in [-0.2, -0.15) is 0 Å². The quantitative estimate of drug-likeness (QED) is 0.855. The molecule has 1 aromatic carbocycles. The second-order valence-electron chi connectivity index (χ2n) is 5.41. The molecule has 0 aliphatic heterocycles. The van der Waals surface area contributed by atoms with Gasteiger partial charge in [-0.15, -0.1) is 0 Å². The number of amides is 2. The summed E-state index contributed by atoms with van der Waals surface area (Å²) in [5.74, 6) is -3.75. The number of aromatic nitrogens is 1. The van der Waals surface area contributed by atoms with Crippen molar-refractivity contribution in [3.05, 3.63) is 64.1 Å². The summed E-state index contributed by atoms with van der Waals surface area (Å²) in [6, 6.07) is 5.94. The Labute approximate surface area is 142 Å². The first-order valence-corrected chi connectivity index (χ1v) is 7.52. The summed E-state index contributed by atoms with van der Waals surface area (Å²) in [4.78, 5) is 36.7. The average molecular weight is 349 g/mol. The molecule has 8 heteroatoms. The van der Waals surface area contributed by atoms with Crippen molar-refractivity contribution in [1.82, 2.24) is 9.47 Å². The van der Waals surface area contributed by atoms with Gasteiger partial charge in [-0.25, -0.2) is 8.78 Å². The smallest absolute Gasteiger partial charge is 0.313 e. The van der Waals surface area contributed by atoms with Crippen LogP contribution in [0.25, 0.3) is 0 Å². The Morgan fingerprint density at radius 2 is 1.88 bits per heavy atom. The lowest BCUT2D eigenvalue weighted by atomic mass is 10.2. The van der Waals surface area contributed by atoms with Gasteiger partial charge in [-0.3, -0.25) is 14.4 Å². The number of hydrogen-bond donors (Lipinski definition) is 1. The van der Waals surface area contributed by atoms with Crippen LogP contribution in [0.3, 0.4) is 0 Å². The summed E-state index contributed by atoms with van der Waals surface area (Å²) in [5.41, 5.74) is 0.436. The summed E-state index contributed by atoms with van der Waals surface area (Å²) in [7, 11) is 1.37. The summed E-state index contributed by atoms with van der Waals surface area (Å²) in [6.45, 7) is 2.14. The van der Waals surface area contributed by atoms with E-state index in [0.29, 0.717) is 17.8 Å². The van der Waals surface area contributed by atoms with E-state index in [1.54, 1.807) is 6.92 Å². The summed E-state index contributed by atoms with van der Waals surface area (Å²) in [6.07, 6.45) is 1.43. The van der Waals surface area contributed by atoms with Crippen LogP contribution in [0.4, 0.5) is 14.5 Å². The molecule has 1 aromatic heterocycles. The van der Waals surface area contributed by atoms with E-state index in [1.165, 1.54) is 36.0 Å². The fourth-order valence-corrected chi connectivity index (χ4v) is 2.19. The van der Waals surface area contributed by atoms with Crippen LogP contribution in [0.1, 0.15) is 12.5 Å². The molecule has 1 heterocycles. The maximum Gasteiger partial charge on any atom is 0.313 e. The van der Waals surface area contributed by atoms with Gasteiger partial charge in [0.1, 0.15) is 0 Å². The zero-order chi connectivity index (χ0) is 18.6. The van der Waals surface area contributed by atoms with E-state index in [0.717, 1.165) is 17.0 Å². The number of hydrogen-bond acceptors (Lipinski definition) is 3. The number of likely N-dealkylation sites (N-methyl/N-ethyl adjacent to an activating group) is 1. The number of aryl methyl sites for hydroxylation is 1. The minimum absolute atomic E-state index is 0.0576. The third-order valence-electron chi connectivity index (χ3n) is 3.53. The van der Waals surface area contributed by atoms with E-state index in [-0.39, 0.29) is 12.1 Å². The third kappa shape index (κ3) is 4.50. The van der Waals surface area contributed by atoms with Gasteiger partial charge < -0.3 is 14.8 Å². The van der Waals surface area contributed by atoms with Crippen molar-refractivity contribution in [3.63, 3.8) is 0 Å². The van der Waals surface area contributed by atoms with Crippen LogP contribution < -0.4 is 10.9 Å². The molecule has 0 unspecified atom stereocenters. The Hall–Kier alpha value is -3.03. The van der Waals surface area contributed by atoms with E-state index in [9.17, 15) is 23.2 Å². The number of nitrogens with one attached hydrogen (secondary N) is 1. The molecule has 0 saturated heterocycles. The Morgan fingerprint density at radius 3 is 2.52 bits per heavy atom. The number of carbonyl (C=O) groups excluding carboxylic acids is 2. The maximum absolute atomic E-state index is 13.2. The highest BCUT2D eigenvalue weighted by Gasteiger charge is 2.19. The fraction of sp³-hybridized carbons (Fsp3) is 0.235. The lowest BCUT2D eigenvalue weighted by Crippen LogP contribution is -2.37. The molecule has 0 spiro atoms. The van der Waals surface area contributed by atoms with Crippen LogP contribution in [-0.2, 0) is 22.7 Å². The normalized spacial score (nSPS) is 10.4. The van der Waals surface area contributed by atoms with Gasteiger partial charge in [0.05, 0.1) is 5.69 Å². The summed E-state index contributed by atoms with van der Waals surface area (Å²) in [5, 5.41) is 2.41. The van der Waals surface area contributed by atoms with E-state index in [4.69, 9.17) is 0 Å². The monoisotopic (exact) mass is 349 g/mol. The van der Waals surface area contributed by atoms with E-state index in [2.05, 4.69) is 5.32 Å². The predicted molar refractivity (Wildman–Crippen MR) is 87.8 cm³/mol. The molecule has 2 aromatic rings. The van der Waals surface area contributed by atoms with E-state index in [1.807, 2.05) is 0 Å².